The molecule has 27 heavy (non-hydrogen) atoms. The van der Waals surface area contributed by atoms with Crippen LogP contribution in [0.3, 0.4) is 0 Å². The van der Waals surface area contributed by atoms with E-state index in [4.69, 9.17) is 16.0 Å². The van der Waals surface area contributed by atoms with Crippen LogP contribution in [-0.4, -0.2) is 27.0 Å². The molecule has 5 nitrogen and oxygen atoms in total. The topological polar surface area (TPSA) is 59.2 Å². The van der Waals surface area contributed by atoms with Gasteiger partial charge in [-0.05, 0) is 48.7 Å². The van der Waals surface area contributed by atoms with Gasteiger partial charge in [0, 0.05) is 22.7 Å². The zero-order valence-electron chi connectivity index (χ0n) is 14.6. The Labute approximate surface area is 162 Å². The first kappa shape index (κ1) is 17.5. The Hall–Kier alpha value is -2.92. The summed E-state index contributed by atoms with van der Waals surface area (Å²) in [6.07, 6.45) is 5.43. The van der Waals surface area contributed by atoms with E-state index < -0.39 is 0 Å². The van der Waals surface area contributed by atoms with Gasteiger partial charge in [-0.15, -0.1) is 10.2 Å². The van der Waals surface area contributed by atoms with Crippen molar-refractivity contribution in [3.8, 4) is 11.5 Å². The standard InChI is InChI=1S/C21H18ClN3O2/c22-17-9-7-16(8-10-17)21-24-23-19(27-21)14-25(18-11-12-18)20(26)13-6-15-4-2-1-3-5-15/h1-10,13,18H,11-12,14H2/b13-6+. The van der Waals surface area contributed by atoms with E-state index in [1.165, 1.54) is 0 Å². The van der Waals surface area contributed by atoms with Gasteiger partial charge in [-0.1, -0.05) is 41.9 Å². The maximum atomic E-state index is 12.7. The molecule has 1 heterocycles. The zero-order valence-corrected chi connectivity index (χ0v) is 15.3. The average molecular weight is 380 g/mol. The Morgan fingerprint density at radius 1 is 1.11 bits per heavy atom. The molecule has 1 saturated carbocycles. The van der Waals surface area contributed by atoms with Gasteiger partial charge < -0.3 is 9.32 Å². The molecule has 1 aliphatic rings. The molecule has 0 N–H and O–H groups in total. The van der Waals surface area contributed by atoms with Gasteiger partial charge >= 0.3 is 0 Å². The van der Waals surface area contributed by atoms with Crippen LogP contribution in [0.15, 0.2) is 65.1 Å². The minimum Gasteiger partial charge on any atom is -0.419 e. The molecule has 1 aliphatic carbocycles. The van der Waals surface area contributed by atoms with Crippen LogP contribution in [0.2, 0.25) is 5.02 Å². The third-order valence-corrected chi connectivity index (χ3v) is 4.60. The highest BCUT2D eigenvalue weighted by atomic mass is 35.5. The molecule has 0 atom stereocenters. The number of hydrogen-bond acceptors (Lipinski definition) is 4. The molecule has 0 unspecified atom stereocenters. The maximum absolute atomic E-state index is 12.7. The summed E-state index contributed by atoms with van der Waals surface area (Å²) < 4.78 is 5.75. The fourth-order valence-corrected chi connectivity index (χ4v) is 2.90. The van der Waals surface area contributed by atoms with E-state index >= 15 is 0 Å². The van der Waals surface area contributed by atoms with Crippen molar-refractivity contribution in [2.24, 2.45) is 0 Å². The minimum absolute atomic E-state index is 0.0485. The van der Waals surface area contributed by atoms with Gasteiger partial charge in [-0.2, -0.15) is 0 Å². The molecule has 0 saturated heterocycles. The van der Waals surface area contributed by atoms with E-state index in [-0.39, 0.29) is 11.9 Å². The molecule has 136 valence electrons. The highest BCUT2D eigenvalue weighted by molar-refractivity contribution is 6.30. The van der Waals surface area contributed by atoms with Crippen LogP contribution >= 0.6 is 11.6 Å². The van der Waals surface area contributed by atoms with E-state index in [0.717, 1.165) is 24.0 Å². The normalized spacial score (nSPS) is 13.8. The van der Waals surface area contributed by atoms with E-state index in [9.17, 15) is 4.79 Å². The molecule has 3 aromatic rings. The number of nitrogens with zero attached hydrogens (tertiary/aromatic N) is 3. The zero-order chi connectivity index (χ0) is 18.6. The van der Waals surface area contributed by atoms with Gasteiger partial charge in [0.05, 0.1) is 6.54 Å². The van der Waals surface area contributed by atoms with Gasteiger partial charge in [0.15, 0.2) is 0 Å². The molecule has 1 fully saturated rings. The number of carbonyl (C=O) groups is 1. The predicted molar refractivity (Wildman–Crippen MR) is 104 cm³/mol. The smallest absolute Gasteiger partial charge is 0.247 e. The summed E-state index contributed by atoms with van der Waals surface area (Å²) in [5.74, 6) is 0.797. The molecule has 1 aromatic heterocycles. The summed E-state index contributed by atoms with van der Waals surface area (Å²) in [5.41, 5.74) is 1.79. The minimum atomic E-state index is -0.0485. The Morgan fingerprint density at radius 2 is 1.85 bits per heavy atom. The van der Waals surface area contributed by atoms with Crippen molar-refractivity contribution in [3.63, 3.8) is 0 Å². The Balaban J connectivity index is 1.47. The molecule has 0 aliphatic heterocycles. The second-order valence-corrected chi connectivity index (χ2v) is 6.89. The van der Waals surface area contributed by atoms with Crippen molar-refractivity contribution >= 4 is 23.6 Å². The summed E-state index contributed by atoms with van der Waals surface area (Å²) in [4.78, 5) is 14.4. The second kappa shape index (κ2) is 7.76. The van der Waals surface area contributed by atoms with Gasteiger partial charge in [-0.3, -0.25) is 4.79 Å². The fraction of sp³-hybridized carbons (Fsp3) is 0.190. The third kappa shape index (κ3) is 4.44. The first-order valence-electron chi connectivity index (χ1n) is 8.81. The van der Waals surface area contributed by atoms with Crippen LogP contribution in [0.4, 0.5) is 0 Å². The number of carbonyl (C=O) groups excluding carboxylic acids is 1. The van der Waals surface area contributed by atoms with Crippen LogP contribution < -0.4 is 0 Å². The van der Waals surface area contributed by atoms with Crippen LogP contribution in [-0.2, 0) is 11.3 Å². The number of aromatic nitrogens is 2. The van der Waals surface area contributed by atoms with Gasteiger partial charge in [0.25, 0.3) is 0 Å². The monoisotopic (exact) mass is 379 g/mol. The van der Waals surface area contributed by atoms with Gasteiger partial charge in [0.2, 0.25) is 17.7 Å². The molecule has 6 heteroatoms. The number of amides is 1. The van der Waals surface area contributed by atoms with Crippen molar-refractivity contribution in [2.45, 2.75) is 25.4 Å². The highest BCUT2D eigenvalue weighted by Gasteiger charge is 2.32. The third-order valence-electron chi connectivity index (χ3n) is 4.35. The van der Waals surface area contributed by atoms with Crippen molar-refractivity contribution in [1.82, 2.24) is 15.1 Å². The quantitative estimate of drug-likeness (QED) is 0.587. The number of hydrogen-bond donors (Lipinski definition) is 0. The lowest BCUT2D eigenvalue weighted by Gasteiger charge is -2.18. The molecular weight excluding hydrogens is 362 g/mol. The molecule has 0 spiro atoms. The summed E-state index contributed by atoms with van der Waals surface area (Å²) in [6.45, 7) is 0.309. The molecule has 0 bridgehead atoms. The summed E-state index contributed by atoms with van der Waals surface area (Å²) in [5, 5.41) is 8.83. The maximum Gasteiger partial charge on any atom is 0.247 e. The first-order valence-corrected chi connectivity index (χ1v) is 9.19. The molecule has 2 aromatic carbocycles. The van der Waals surface area contributed by atoms with Gasteiger partial charge in [0.1, 0.15) is 0 Å². The molecular formula is C21H18ClN3O2. The largest absolute Gasteiger partial charge is 0.419 e. The van der Waals surface area contributed by atoms with Crippen molar-refractivity contribution in [2.75, 3.05) is 0 Å². The molecule has 0 radical (unpaired) electrons. The Kier molecular flexibility index (Phi) is 5.03. The number of rotatable bonds is 6. The summed E-state index contributed by atoms with van der Waals surface area (Å²) >= 11 is 5.91. The SMILES string of the molecule is O=C(/C=C/c1ccccc1)N(Cc1nnc(-c2ccc(Cl)cc2)o1)C1CC1. The second-order valence-electron chi connectivity index (χ2n) is 6.45. The summed E-state index contributed by atoms with van der Waals surface area (Å²) in [7, 11) is 0. The number of halogens is 1. The van der Waals surface area contributed by atoms with Crippen molar-refractivity contribution in [1.29, 1.82) is 0 Å². The Bertz CT molecular complexity index is 947. The van der Waals surface area contributed by atoms with Gasteiger partial charge in [-0.25, -0.2) is 0 Å². The van der Waals surface area contributed by atoms with Crippen LogP contribution in [0, 0.1) is 0 Å². The first-order chi connectivity index (χ1) is 13.2. The predicted octanol–water partition coefficient (Wildman–Crippen LogP) is 4.59. The number of benzene rings is 2. The fourth-order valence-electron chi connectivity index (χ4n) is 2.77. The highest BCUT2D eigenvalue weighted by Crippen LogP contribution is 2.29. The molecule has 4 rings (SSSR count). The molecule has 1 amide bonds. The van der Waals surface area contributed by atoms with Crippen molar-refractivity contribution < 1.29 is 9.21 Å². The van der Waals surface area contributed by atoms with Crippen LogP contribution in [0.1, 0.15) is 24.3 Å². The van der Waals surface area contributed by atoms with Crippen molar-refractivity contribution in [3.05, 3.63) is 77.2 Å². The lowest BCUT2D eigenvalue weighted by Crippen LogP contribution is -2.31. The lowest BCUT2D eigenvalue weighted by molar-refractivity contribution is -0.127. The lowest BCUT2D eigenvalue weighted by atomic mass is 10.2. The van der Waals surface area contributed by atoms with E-state index in [1.807, 2.05) is 48.5 Å². The van der Waals surface area contributed by atoms with E-state index in [0.29, 0.717) is 23.3 Å². The van der Waals surface area contributed by atoms with Crippen LogP contribution in [0.25, 0.3) is 17.5 Å². The van der Waals surface area contributed by atoms with E-state index in [2.05, 4.69) is 10.2 Å². The van der Waals surface area contributed by atoms with E-state index in [1.54, 1.807) is 23.1 Å². The average Bonchev–Trinajstić information content (AvgIpc) is 3.43. The van der Waals surface area contributed by atoms with Crippen LogP contribution in [0.5, 0.6) is 0 Å². The Morgan fingerprint density at radius 3 is 2.56 bits per heavy atom. The summed E-state index contributed by atoms with van der Waals surface area (Å²) in [6, 6.07) is 17.2.